The first-order valence-electron chi connectivity index (χ1n) is 5.94. The van der Waals surface area contributed by atoms with Gasteiger partial charge in [-0.05, 0) is 30.7 Å². The van der Waals surface area contributed by atoms with Crippen molar-refractivity contribution in [2.45, 2.75) is 17.9 Å². The molecule has 1 aromatic heterocycles. The van der Waals surface area contributed by atoms with Crippen LogP contribution in [0.5, 0.6) is 0 Å². The van der Waals surface area contributed by atoms with Gasteiger partial charge in [0, 0.05) is 18.4 Å². The van der Waals surface area contributed by atoms with Crippen molar-refractivity contribution in [3.63, 3.8) is 0 Å². The van der Waals surface area contributed by atoms with Crippen LogP contribution in [0.25, 0.3) is 0 Å². The van der Waals surface area contributed by atoms with E-state index in [2.05, 4.69) is 4.98 Å². The van der Waals surface area contributed by atoms with Gasteiger partial charge in [0.2, 0.25) is 0 Å². The third-order valence-corrected chi connectivity index (χ3v) is 4.68. The lowest BCUT2D eigenvalue weighted by Crippen LogP contribution is -2.22. The standard InChI is InChI=1S/C14H16N2O2S/c1-11-4-6-13(7-5-11)19(17,18)10-14(15)12-3-2-8-16-9-12/h2-9,14H,10,15H2,1H3. The minimum atomic E-state index is -3.38. The molecule has 0 fully saturated rings. The van der Waals surface area contributed by atoms with Crippen molar-refractivity contribution >= 4 is 9.84 Å². The normalized spacial score (nSPS) is 13.2. The monoisotopic (exact) mass is 276 g/mol. The lowest BCUT2D eigenvalue weighted by Gasteiger charge is -2.12. The van der Waals surface area contributed by atoms with Gasteiger partial charge < -0.3 is 5.73 Å². The van der Waals surface area contributed by atoms with E-state index in [1.807, 2.05) is 6.92 Å². The zero-order chi connectivity index (χ0) is 13.9. The molecule has 0 aliphatic heterocycles. The van der Waals surface area contributed by atoms with Gasteiger partial charge in [0.15, 0.2) is 9.84 Å². The van der Waals surface area contributed by atoms with Crippen LogP contribution in [0.4, 0.5) is 0 Å². The van der Waals surface area contributed by atoms with E-state index >= 15 is 0 Å². The summed E-state index contributed by atoms with van der Waals surface area (Å²) in [6, 6.07) is 9.74. The van der Waals surface area contributed by atoms with Gasteiger partial charge >= 0.3 is 0 Å². The molecule has 19 heavy (non-hydrogen) atoms. The van der Waals surface area contributed by atoms with Crippen molar-refractivity contribution < 1.29 is 8.42 Å². The molecule has 0 spiro atoms. The number of nitrogens with two attached hydrogens (primary N) is 1. The molecule has 1 aromatic carbocycles. The molecule has 0 radical (unpaired) electrons. The van der Waals surface area contributed by atoms with Crippen LogP contribution in [0.15, 0.2) is 53.7 Å². The van der Waals surface area contributed by atoms with Crippen LogP contribution in [0.3, 0.4) is 0 Å². The number of aromatic nitrogens is 1. The zero-order valence-electron chi connectivity index (χ0n) is 10.7. The van der Waals surface area contributed by atoms with Crippen molar-refractivity contribution in [1.29, 1.82) is 0 Å². The molecule has 2 rings (SSSR count). The lowest BCUT2D eigenvalue weighted by molar-refractivity contribution is 0.588. The number of sulfone groups is 1. The Balaban J connectivity index is 2.20. The maximum absolute atomic E-state index is 12.2. The molecule has 0 bridgehead atoms. The molecule has 1 heterocycles. The second-order valence-corrected chi connectivity index (χ2v) is 6.52. The molecule has 2 aromatic rings. The zero-order valence-corrected chi connectivity index (χ0v) is 11.5. The Morgan fingerprint density at radius 3 is 2.47 bits per heavy atom. The molecule has 1 atom stereocenters. The molecule has 1 unspecified atom stereocenters. The second-order valence-electron chi connectivity index (χ2n) is 4.49. The van der Waals surface area contributed by atoms with Gasteiger partial charge in [-0.2, -0.15) is 0 Å². The number of aryl methyl sites for hydroxylation is 1. The molecule has 0 aliphatic carbocycles. The molecule has 2 N–H and O–H groups in total. The Morgan fingerprint density at radius 1 is 1.21 bits per heavy atom. The summed E-state index contributed by atoms with van der Waals surface area (Å²) < 4.78 is 24.5. The van der Waals surface area contributed by atoms with Crippen LogP contribution in [-0.2, 0) is 9.84 Å². The number of pyridine rings is 1. The van der Waals surface area contributed by atoms with E-state index in [0.29, 0.717) is 4.90 Å². The fraction of sp³-hybridized carbons (Fsp3) is 0.214. The first-order valence-corrected chi connectivity index (χ1v) is 7.59. The van der Waals surface area contributed by atoms with Crippen LogP contribution in [-0.4, -0.2) is 19.2 Å². The summed E-state index contributed by atoms with van der Waals surface area (Å²) in [6.45, 7) is 1.91. The first-order chi connectivity index (χ1) is 8.99. The Morgan fingerprint density at radius 2 is 1.89 bits per heavy atom. The van der Waals surface area contributed by atoms with Gasteiger partial charge in [-0.1, -0.05) is 23.8 Å². The highest BCUT2D eigenvalue weighted by atomic mass is 32.2. The molecule has 4 nitrogen and oxygen atoms in total. The molecule has 0 saturated heterocycles. The fourth-order valence-corrected chi connectivity index (χ4v) is 3.18. The quantitative estimate of drug-likeness (QED) is 0.925. The molecule has 0 aliphatic rings. The Kier molecular flexibility index (Phi) is 3.97. The van der Waals surface area contributed by atoms with Crippen LogP contribution < -0.4 is 5.73 Å². The molecule has 0 amide bonds. The Bertz CT molecular complexity index is 637. The maximum atomic E-state index is 12.2. The Hall–Kier alpha value is -1.72. The van der Waals surface area contributed by atoms with Crippen molar-refractivity contribution in [2.24, 2.45) is 5.73 Å². The van der Waals surface area contributed by atoms with E-state index in [9.17, 15) is 8.42 Å². The fourth-order valence-electron chi connectivity index (χ4n) is 1.77. The average molecular weight is 276 g/mol. The Labute approximate surface area is 113 Å². The summed E-state index contributed by atoms with van der Waals surface area (Å²) in [6.07, 6.45) is 3.22. The van der Waals surface area contributed by atoms with E-state index in [1.165, 1.54) is 0 Å². The van der Waals surface area contributed by atoms with Gasteiger partial charge in [0.1, 0.15) is 0 Å². The number of rotatable bonds is 4. The highest BCUT2D eigenvalue weighted by molar-refractivity contribution is 7.91. The smallest absolute Gasteiger partial charge is 0.180 e. The van der Waals surface area contributed by atoms with Gasteiger partial charge in [0.05, 0.1) is 10.6 Å². The molecule has 5 heteroatoms. The van der Waals surface area contributed by atoms with E-state index in [-0.39, 0.29) is 5.75 Å². The van der Waals surface area contributed by atoms with Crippen molar-refractivity contribution in [1.82, 2.24) is 4.98 Å². The van der Waals surface area contributed by atoms with Gasteiger partial charge in [-0.3, -0.25) is 4.98 Å². The van der Waals surface area contributed by atoms with Crippen LogP contribution >= 0.6 is 0 Å². The topological polar surface area (TPSA) is 73.0 Å². The summed E-state index contributed by atoms with van der Waals surface area (Å²) in [5, 5.41) is 0. The van der Waals surface area contributed by atoms with Crippen LogP contribution in [0.1, 0.15) is 17.2 Å². The van der Waals surface area contributed by atoms with Gasteiger partial charge in [0.25, 0.3) is 0 Å². The third-order valence-electron chi connectivity index (χ3n) is 2.89. The lowest BCUT2D eigenvalue weighted by atomic mass is 10.2. The SMILES string of the molecule is Cc1ccc(S(=O)(=O)CC(N)c2cccnc2)cc1. The number of benzene rings is 1. The van der Waals surface area contributed by atoms with Crippen LogP contribution in [0.2, 0.25) is 0 Å². The molecular weight excluding hydrogens is 260 g/mol. The van der Waals surface area contributed by atoms with E-state index in [1.54, 1.807) is 48.8 Å². The van der Waals surface area contributed by atoms with E-state index in [4.69, 9.17) is 5.73 Å². The highest BCUT2D eigenvalue weighted by Crippen LogP contribution is 2.18. The van der Waals surface area contributed by atoms with Gasteiger partial charge in [-0.15, -0.1) is 0 Å². The third kappa shape index (κ3) is 3.39. The first kappa shape index (κ1) is 13.7. The highest BCUT2D eigenvalue weighted by Gasteiger charge is 2.19. The molecule has 100 valence electrons. The van der Waals surface area contributed by atoms with Gasteiger partial charge in [-0.25, -0.2) is 8.42 Å². The minimum absolute atomic E-state index is 0.123. The van der Waals surface area contributed by atoms with Crippen molar-refractivity contribution in [3.05, 3.63) is 59.9 Å². The van der Waals surface area contributed by atoms with E-state index in [0.717, 1.165) is 11.1 Å². The minimum Gasteiger partial charge on any atom is -0.323 e. The maximum Gasteiger partial charge on any atom is 0.180 e. The predicted octanol–water partition coefficient (Wildman–Crippen LogP) is 1.86. The van der Waals surface area contributed by atoms with Crippen molar-refractivity contribution in [3.8, 4) is 0 Å². The predicted molar refractivity (Wildman–Crippen MR) is 74.4 cm³/mol. The average Bonchev–Trinajstić information content (AvgIpc) is 2.40. The summed E-state index contributed by atoms with van der Waals surface area (Å²) in [5.74, 6) is -0.123. The number of hydrogen-bond acceptors (Lipinski definition) is 4. The largest absolute Gasteiger partial charge is 0.323 e. The molecular formula is C14H16N2O2S. The number of nitrogens with zero attached hydrogens (tertiary/aromatic N) is 1. The van der Waals surface area contributed by atoms with E-state index < -0.39 is 15.9 Å². The summed E-state index contributed by atoms with van der Waals surface area (Å²) in [5.41, 5.74) is 7.67. The number of hydrogen-bond donors (Lipinski definition) is 1. The van der Waals surface area contributed by atoms with Crippen molar-refractivity contribution in [2.75, 3.05) is 5.75 Å². The summed E-state index contributed by atoms with van der Waals surface area (Å²) in [7, 11) is -3.38. The van der Waals surface area contributed by atoms with Crippen LogP contribution in [0, 0.1) is 6.92 Å². The molecule has 0 saturated carbocycles. The summed E-state index contributed by atoms with van der Waals surface area (Å²) in [4.78, 5) is 4.25. The second kappa shape index (κ2) is 5.50. The summed E-state index contributed by atoms with van der Waals surface area (Å²) >= 11 is 0.